The number of para-hydroxylation sites is 1. The summed E-state index contributed by atoms with van der Waals surface area (Å²) in [5.74, 6) is 0.839. The Kier molecular flexibility index (Phi) is 6.58. The van der Waals surface area contributed by atoms with E-state index in [2.05, 4.69) is 24.1 Å². The molecule has 2 aromatic rings. The molecule has 1 aliphatic rings. The van der Waals surface area contributed by atoms with Crippen LogP contribution < -0.4 is 10.9 Å². The molecule has 0 aliphatic heterocycles. The van der Waals surface area contributed by atoms with Crippen LogP contribution in [0.25, 0.3) is 10.9 Å². The number of rotatable bonds is 6. The maximum absolute atomic E-state index is 13.0. The number of hydrogen-bond acceptors (Lipinski definition) is 4. The van der Waals surface area contributed by atoms with E-state index in [1.807, 2.05) is 31.2 Å². The van der Waals surface area contributed by atoms with Gasteiger partial charge in [-0.25, -0.2) is 4.98 Å². The Hall–Kier alpha value is -1.82. The van der Waals surface area contributed by atoms with Gasteiger partial charge >= 0.3 is 0 Å². The molecule has 3 atom stereocenters. The number of thioether (sulfide) groups is 1. The van der Waals surface area contributed by atoms with E-state index >= 15 is 0 Å². The third kappa shape index (κ3) is 4.54. The lowest BCUT2D eigenvalue weighted by Crippen LogP contribution is -2.42. The summed E-state index contributed by atoms with van der Waals surface area (Å²) < 4.78 is 1.74. The predicted molar refractivity (Wildman–Crippen MR) is 111 cm³/mol. The molecule has 0 radical (unpaired) electrons. The molecule has 0 spiro atoms. The van der Waals surface area contributed by atoms with Gasteiger partial charge in [-0.05, 0) is 44.2 Å². The largest absolute Gasteiger partial charge is 0.352 e. The van der Waals surface area contributed by atoms with Gasteiger partial charge in [0.2, 0.25) is 5.91 Å². The fourth-order valence-electron chi connectivity index (χ4n) is 3.71. The van der Waals surface area contributed by atoms with E-state index in [1.165, 1.54) is 31.0 Å². The molecule has 0 unspecified atom stereocenters. The van der Waals surface area contributed by atoms with Crippen LogP contribution in [0.3, 0.4) is 0 Å². The Labute approximate surface area is 164 Å². The Balaban J connectivity index is 1.79. The van der Waals surface area contributed by atoms with Crippen molar-refractivity contribution in [1.82, 2.24) is 14.9 Å². The van der Waals surface area contributed by atoms with E-state index in [0.29, 0.717) is 22.0 Å². The van der Waals surface area contributed by atoms with Crippen molar-refractivity contribution in [2.75, 3.05) is 5.75 Å². The van der Waals surface area contributed by atoms with Crippen LogP contribution in [0.4, 0.5) is 0 Å². The van der Waals surface area contributed by atoms with Crippen LogP contribution in [-0.4, -0.2) is 27.3 Å². The molecule has 1 fully saturated rings. The number of aromatic nitrogens is 2. The molecule has 146 valence electrons. The Morgan fingerprint density at radius 3 is 2.81 bits per heavy atom. The highest BCUT2D eigenvalue weighted by Crippen LogP contribution is 2.25. The normalized spacial score (nSPS) is 21.1. The van der Waals surface area contributed by atoms with Crippen molar-refractivity contribution in [3.63, 3.8) is 0 Å². The Morgan fingerprint density at radius 2 is 2.07 bits per heavy atom. The molecule has 27 heavy (non-hydrogen) atoms. The summed E-state index contributed by atoms with van der Waals surface area (Å²) in [6.07, 6.45) is 5.51. The van der Waals surface area contributed by atoms with Crippen molar-refractivity contribution in [3.05, 3.63) is 34.6 Å². The average Bonchev–Trinajstić information content (AvgIpc) is 2.68. The van der Waals surface area contributed by atoms with Crippen molar-refractivity contribution < 1.29 is 4.79 Å². The lowest BCUT2D eigenvalue weighted by molar-refractivity contribution is -0.119. The van der Waals surface area contributed by atoms with Crippen LogP contribution in [0.1, 0.15) is 58.9 Å². The first-order valence-electron chi connectivity index (χ1n) is 9.94. The van der Waals surface area contributed by atoms with Gasteiger partial charge in [-0.2, -0.15) is 0 Å². The summed E-state index contributed by atoms with van der Waals surface area (Å²) in [4.78, 5) is 30.1. The van der Waals surface area contributed by atoms with Gasteiger partial charge in [0.05, 0.1) is 16.7 Å². The van der Waals surface area contributed by atoms with Crippen molar-refractivity contribution >= 4 is 28.6 Å². The number of fused-ring (bicyclic) bond motifs is 1. The predicted octanol–water partition coefficient (Wildman–Crippen LogP) is 4.15. The third-order valence-corrected chi connectivity index (χ3v) is 6.55. The first kappa shape index (κ1) is 19.9. The average molecular weight is 388 g/mol. The minimum absolute atomic E-state index is 0.0249. The smallest absolute Gasteiger partial charge is 0.262 e. The van der Waals surface area contributed by atoms with Crippen LogP contribution in [0.5, 0.6) is 0 Å². The van der Waals surface area contributed by atoms with Crippen LogP contribution in [0.2, 0.25) is 0 Å². The monoisotopic (exact) mass is 387 g/mol. The van der Waals surface area contributed by atoms with Crippen molar-refractivity contribution in [1.29, 1.82) is 0 Å². The maximum Gasteiger partial charge on any atom is 0.262 e. The summed E-state index contributed by atoms with van der Waals surface area (Å²) in [6, 6.07) is 7.72. The standard InChI is InChI=1S/C21H29N3O2S/c1-4-15(3)24-20(26)16-10-6-8-12-18(16)23-21(24)27-13-19(25)22-17-11-7-5-9-14(17)2/h6,8,10,12,14-15,17H,4-5,7,9,11,13H2,1-3H3,(H,22,25)/t14-,15+,17+/m0/s1. The molecule has 0 saturated heterocycles. The lowest BCUT2D eigenvalue weighted by atomic mass is 9.86. The van der Waals surface area contributed by atoms with E-state index in [0.717, 1.165) is 12.8 Å². The summed E-state index contributed by atoms with van der Waals surface area (Å²) in [5.41, 5.74) is 0.657. The molecule has 1 aliphatic carbocycles. The zero-order valence-corrected chi connectivity index (χ0v) is 17.2. The summed E-state index contributed by atoms with van der Waals surface area (Å²) in [7, 11) is 0. The minimum atomic E-state index is -0.0289. The number of amides is 1. The van der Waals surface area contributed by atoms with Crippen molar-refractivity contribution in [3.8, 4) is 0 Å². The highest BCUT2D eigenvalue weighted by Gasteiger charge is 2.23. The number of carbonyl (C=O) groups is 1. The quantitative estimate of drug-likeness (QED) is 0.597. The molecule has 1 heterocycles. The minimum Gasteiger partial charge on any atom is -0.352 e. The second kappa shape index (κ2) is 8.91. The molecule has 1 amide bonds. The molecule has 0 bridgehead atoms. The molecule has 1 aromatic carbocycles. The van der Waals surface area contributed by atoms with Gasteiger partial charge in [0.25, 0.3) is 5.56 Å². The lowest BCUT2D eigenvalue weighted by Gasteiger charge is -2.29. The van der Waals surface area contributed by atoms with E-state index in [9.17, 15) is 9.59 Å². The van der Waals surface area contributed by atoms with Gasteiger partial charge < -0.3 is 5.32 Å². The number of carbonyl (C=O) groups excluding carboxylic acids is 1. The number of hydrogen-bond donors (Lipinski definition) is 1. The first-order valence-corrected chi connectivity index (χ1v) is 10.9. The third-order valence-electron chi connectivity index (χ3n) is 5.60. The number of benzene rings is 1. The first-order chi connectivity index (χ1) is 13.0. The number of nitrogens with one attached hydrogen (secondary N) is 1. The van der Waals surface area contributed by atoms with E-state index in [-0.39, 0.29) is 29.3 Å². The second-order valence-electron chi connectivity index (χ2n) is 7.57. The molecule has 1 aromatic heterocycles. The van der Waals surface area contributed by atoms with Gasteiger partial charge in [0.1, 0.15) is 0 Å². The van der Waals surface area contributed by atoms with Gasteiger partial charge in [-0.1, -0.05) is 50.6 Å². The van der Waals surface area contributed by atoms with Gasteiger partial charge in [0.15, 0.2) is 5.16 Å². The molecule has 5 nitrogen and oxygen atoms in total. The molecular weight excluding hydrogens is 358 g/mol. The van der Waals surface area contributed by atoms with E-state index in [1.54, 1.807) is 4.57 Å². The molecule has 1 saturated carbocycles. The van der Waals surface area contributed by atoms with Crippen LogP contribution in [-0.2, 0) is 4.79 Å². The van der Waals surface area contributed by atoms with Crippen LogP contribution >= 0.6 is 11.8 Å². The fourth-order valence-corrected chi connectivity index (χ4v) is 4.62. The van der Waals surface area contributed by atoms with Gasteiger partial charge in [-0.3, -0.25) is 14.2 Å². The summed E-state index contributed by atoms with van der Waals surface area (Å²) in [5, 5.41) is 4.43. The maximum atomic E-state index is 13.0. The molecular formula is C21H29N3O2S. The van der Waals surface area contributed by atoms with Crippen molar-refractivity contribution in [2.45, 2.75) is 70.1 Å². The Morgan fingerprint density at radius 1 is 1.33 bits per heavy atom. The van der Waals surface area contributed by atoms with Gasteiger partial charge in [-0.15, -0.1) is 0 Å². The highest BCUT2D eigenvalue weighted by molar-refractivity contribution is 7.99. The van der Waals surface area contributed by atoms with Crippen LogP contribution in [0, 0.1) is 5.92 Å². The van der Waals surface area contributed by atoms with Crippen molar-refractivity contribution in [2.24, 2.45) is 5.92 Å². The fraction of sp³-hybridized carbons (Fsp3) is 0.571. The van der Waals surface area contributed by atoms with E-state index in [4.69, 9.17) is 0 Å². The summed E-state index contributed by atoms with van der Waals surface area (Å²) >= 11 is 1.36. The van der Waals surface area contributed by atoms with E-state index < -0.39 is 0 Å². The van der Waals surface area contributed by atoms with Crippen LogP contribution in [0.15, 0.2) is 34.2 Å². The van der Waals surface area contributed by atoms with Gasteiger partial charge in [0, 0.05) is 12.1 Å². The highest BCUT2D eigenvalue weighted by atomic mass is 32.2. The Bertz CT molecular complexity index is 864. The molecule has 6 heteroatoms. The zero-order valence-electron chi connectivity index (χ0n) is 16.4. The zero-order chi connectivity index (χ0) is 19.4. The number of nitrogens with zero attached hydrogens (tertiary/aromatic N) is 2. The second-order valence-corrected chi connectivity index (χ2v) is 8.51. The molecule has 1 N–H and O–H groups in total. The topological polar surface area (TPSA) is 64.0 Å². The molecule has 3 rings (SSSR count). The SMILES string of the molecule is CC[C@@H](C)n1c(SCC(=O)N[C@@H]2CCCC[C@@H]2C)nc2ccccc2c1=O. The summed E-state index contributed by atoms with van der Waals surface area (Å²) in [6.45, 7) is 6.28.